The number of rotatable bonds is 9. The molecule has 0 fully saturated rings. The molecule has 4 heteroatoms. The second-order valence-corrected chi connectivity index (χ2v) is 6.41. The van der Waals surface area contributed by atoms with Crippen molar-refractivity contribution >= 4 is 5.97 Å². The molecule has 0 aromatic heterocycles. The third-order valence-corrected chi connectivity index (χ3v) is 3.20. The molecule has 0 heterocycles. The lowest BCUT2D eigenvalue weighted by molar-refractivity contribution is -0.162. The molecule has 0 aliphatic heterocycles. The Bertz CT molecular complexity index is 250. The molecule has 0 saturated heterocycles. The Labute approximate surface area is 118 Å². The van der Waals surface area contributed by atoms with E-state index in [0.717, 1.165) is 25.9 Å². The molecule has 0 aliphatic rings. The minimum absolute atomic E-state index is 0.332. The third-order valence-electron chi connectivity index (χ3n) is 3.20. The van der Waals surface area contributed by atoms with Gasteiger partial charge in [0.15, 0.2) is 5.60 Å². The van der Waals surface area contributed by atoms with Crippen LogP contribution in [0, 0.1) is 11.8 Å². The molecule has 0 aromatic rings. The summed E-state index contributed by atoms with van der Waals surface area (Å²) >= 11 is 0. The maximum absolute atomic E-state index is 11.5. The maximum Gasteiger partial charge on any atom is 0.338 e. The number of aliphatic hydroxyl groups is 1. The third kappa shape index (κ3) is 8.22. The Morgan fingerprint density at radius 1 is 1.16 bits per heavy atom. The van der Waals surface area contributed by atoms with E-state index >= 15 is 0 Å². The van der Waals surface area contributed by atoms with Crippen molar-refractivity contribution in [3.63, 3.8) is 0 Å². The first-order valence-electron chi connectivity index (χ1n) is 7.22. The van der Waals surface area contributed by atoms with Gasteiger partial charge in [0.25, 0.3) is 0 Å². The maximum atomic E-state index is 11.5. The van der Waals surface area contributed by atoms with E-state index < -0.39 is 11.6 Å². The summed E-state index contributed by atoms with van der Waals surface area (Å²) in [5.74, 6) is 0.667. The van der Waals surface area contributed by atoms with Crippen molar-refractivity contribution < 1.29 is 14.6 Å². The molecule has 0 aromatic carbocycles. The van der Waals surface area contributed by atoms with E-state index in [2.05, 4.69) is 37.3 Å². The molecule has 0 amide bonds. The molecule has 0 radical (unpaired) electrons. The van der Waals surface area contributed by atoms with Crippen LogP contribution >= 0.6 is 0 Å². The van der Waals surface area contributed by atoms with Crippen LogP contribution in [0.4, 0.5) is 0 Å². The standard InChI is InChI=1S/C15H31NO3/c1-12(2)7-9-16(10-8-13(3)4)11-15(5,18)14(17)19-6/h12-13,18H,7-11H2,1-6H3. The molecule has 19 heavy (non-hydrogen) atoms. The van der Waals surface area contributed by atoms with Gasteiger partial charge in [-0.2, -0.15) is 0 Å². The summed E-state index contributed by atoms with van der Waals surface area (Å²) in [5, 5.41) is 10.2. The lowest BCUT2D eigenvalue weighted by atomic mass is 10.0. The number of nitrogens with zero attached hydrogens (tertiary/aromatic N) is 1. The first-order valence-corrected chi connectivity index (χ1v) is 7.22. The zero-order valence-corrected chi connectivity index (χ0v) is 13.4. The van der Waals surface area contributed by atoms with E-state index in [-0.39, 0.29) is 0 Å². The SMILES string of the molecule is COC(=O)C(C)(O)CN(CCC(C)C)CCC(C)C. The second kappa shape index (κ2) is 8.54. The lowest BCUT2D eigenvalue weighted by Gasteiger charge is -2.30. The van der Waals surface area contributed by atoms with Crippen molar-refractivity contribution in [2.45, 2.75) is 53.1 Å². The minimum atomic E-state index is -1.43. The molecule has 0 saturated carbocycles. The predicted octanol–water partition coefficient (Wildman–Crippen LogP) is 2.30. The zero-order valence-electron chi connectivity index (χ0n) is 13.4. The van der Waals surface area contributed by atoms with Crippen molar-refractivity contribution in [3.05, 3.63) is 0 Å². The molecular formula is C15H31NO3. The van der Waals surface area contributed by atoms with Crippen LogP contribution in [0.3, 0.4) is 0 Å². The monoisotopic (exact) mass is 273 g/mol. The smallest absolute Gasteiger partial charge is 0.338 e. The molecule has 1 unspecified atom stereocenters. The van der Waals surface area contributed by atoms with Crippen LogP contribution in [0.25, 0.3) is 0 Å². The van der Waals surface area contributed by atoms with Crippen LogP contribution in [0.2, 0.25) is 0 Å². The number of hydrogen-bond acceptors (Lipinski definition) is 4. The molecular weight excluding hydrogens is 242 g/mol. The summed E-state index contributed by atoms with van der Waals surface area (Å²) in [5.41, 5.74) is -1.43. The van der Waals surface area contributed by atoms with Crippen LogP contribution in [0.15, 0.2) is 0 Å². The molecule has 0 rings (SSSR count). The van der Waals surface area contributed by atoms with Gasteiger partial charge in [-0.25, -0.2) is 4.79 Å². The highest BCUT2D eigenvalue weighted by molar-refractivity contribution is 5.78. The fourth-order valence-corrected chi connectivity index (χ4v) is 1.87. The van der Waals surface area contributed by atoms with Gasteiger partial charge >= 0.3 is 5.97 Å². The number of methoxy groups -OCH3 is 1. The number of ether oxygens (including phenoxy) is 1. The molecule has 0 bridgehead atoms. The molecule has 114 valence electrons. The number of esters is 1. The van der Waals surface area contributed by atoms with Gasteiger partial charge in [-0.3, -0.25) is 4.90 Å². The van der Waals surface area contributed by atoms with Crippen LogP contribution in [-0.2, 0) is 9.53 Å². The van der Waals surface area contributed by atoms with Crippen molar-refractivity contribution in [2.24, 2.45) is 11.8 Å². The highest BCUT2D eigenvalue weighted by Gasteiger charge is 2.33. The van der Waals surface area contributed by atoms with Gasteiger partial charge in [0.05, 0.1) is 7.11 Å². The van der Waals surface area contributed by atoms with Gasteiger partial charge in [0.1, 0.15) is 0 Å². The average Bonchev–Trinajstić information content (AvgIpc) is 2.30. The average molecular weight is 273 g/mol. The van der Waals surface area contributed by atoms with Gasteiger partial charge < -0.3 is 9.84 Å². The Hall–Kier alpha value is -0.610. The van der Waals surface area contributed by atoms with Gasteiger partial charge in [0, 0.05) is 6.54 Å². The summed E-state index contributed by atoms with van der Waals surface area (Å²) < 4.78 is 4.65. The largest absolute Gasteiger partial charge is 0.467 e. The molecule has 0 aliphatic carbocycles. The van der Waals surface area contributed by atoms with Gasteiger partial charge in [-0.05, 0) is 44.7 Å². The van der Waals surface area contributed by atoms with Crippen molar-refractivity contribution in [2.75, 3.05) is 26.7 Å². The van der Waals surface area contributed by atoms with Crippen molar-refractivity contribution in [3.8, 4) is 0 Å². The van der Waals surface area contributed by atoms with E-state index in [1.165, 1.54) is 14.0 Å². The van der Waals surface area contributed by atoms with E-state index in [0.29, 0.717) is 18.4 Å². The molecule has 1 N–H and O–H groups in total. The zero-order chi connectivity index (χ0) is 15.1. The quantitative estimate of drug-likeness (QED) is 0.655. The Balaban J connectivity index is 4.50. The predicted molar refractivity (Wildman–Crippen MR) is 78.0 cm³/mol. The molecule has 1 atom stereocenters. The van der Waals surface area contributed by atoms with Crippen molar-refractivity contribution in [1.82, 2.24) is 4.90 Å². The summed E-state index contributed by atoms with van der Waals surface area (Å²) in [6.07, 6.45) is 2.13. The fourth-order valence-electron chi connectivity index (χ4n) is 1.87. The van der Waals surface area contributed by atoms with Crippen LogP contribution < -0.4 is 0 Å². The highest BCUT2D eigenvalue weighted by atomic mass is 16.5. The molecule has 0 spiro atoms. The van der Waals surface area contributed by atoms with E-state index in [4.69, 9.17) is 0 Å². The topological polar surface area (TPSA) is 49.8 Å². The number of carbonyl (C=O) groups is 1. The van der Waals surface area contributed by atoms with Crippen LogP contribution in [-0.4, -0.2) is 48.3 Å². The van der Waals surface area contributed by atoms with E-state index in [1.54, 1.807) is 0 Å². The Morgan fingerprint density at radius 3 is 1.89 bits per heavy atom. The molecule has 4 nitrogen and oxygen atoms in total. The first kappa shape index (κ1) is 18.4. The van der Waals surface area contributed by atoms with Gasteiger partial charge in [0.2, 0.25) is 0 Å². The lowest BCUT2D eigenvalue weighted by Crippen LogP contribution is -2.48. The van der Waals surface area contributed by atoms with Crippen LogP contribution in [0.1, 0.15) is 47.5 Å². The Kier molecular flexibility index (Phi) is 8.26. The first-order chi connectivity index (χ1) is 8.69. The van der Waals surface area contributed by atoms with Gasteiger partial charge in [-0.15, -0.1) is 0 Å². The summed E-state index contributed by atoms with van der Waals surface area (Å²) in [6.45, 7) is 12.4. The summed E-state index contributed by atoms with van der Waals surface area (Å²) in [7, 11) is 1.31. The second-order valence-electron chi connectivity index (χ2n) is 6.41. The summed E-state index contributed by atoms with van der Waals surface area (Å²) in [4.78, 5) is 13.7. The highest BCUT2D eigenvalue weighted by Crippen LogP contribution is 2.13. The fraction of sp³-hybridized carbons (Fsp3) is 0.933. The minimum Gasteiger partial charge on any atom is -0.467 e. The number of carbonyl (C=O) groups excluding carboxylic acids is 1. The van der Waals surface area contributed by atoms with E-state index in [9.17, 15) is 9.90 Å². The normalized spacial score (nSPS) is 15.1. The summed E-state index contributed by atoms with van der Waals surface area (Å²) in [6, 6.07) is 0. The van der Waals surface area contributed by atoms with Crippen LogP contribution in [0.5, 0.6) is 0 Å². The number of hydrogen-bond donors (Lipinski definition) is 1. The van der Waals surface area contributed by atoms with Crippen molar-refractivity contribution in [1.29, 1.82) is 0 Å². The van der Waals surface area contributed by atoms with Gasteiger partial charge in [-0.1, -0.05) is 27.7 Å². The van der Waals surface area contributed by atoms with E-state index in [1.807, 2.05) is 0 Å². The Morgan fingerprint density at radius 2 is 1.58 bits per heavy atom.